The van der Waals surface area contributed by atoms with Crippen LogP contribution in [0.15, 0.2) is 24.3 Å². The Balaban J connectivity index is 2.37. The van der Waals surface area contributed by atoms with Crippen LogP contribution in [0.1, 0.15) is 27.2 Å². The van der Waals surface area contributed by atoms with Gasteiger partial charge in [-0.25, -0.2) is 0 Å². The van der Waals surface area contributed by atoms with Gasteiger partial charge in [0.25, 0.3) is 0 Å². The first-order valence-electron chi connectivity index (χ1n) is 6.11. The average Bonchev–Trinajstić information content (AvgIpc) is 2.43. The zero-order valence-corrected chi connectivity index (χ0v) is 12.4. The average molecular weight is 302 g/mol. The number of nitrogens with zero attached hydrogens (tertiary/aromatic N) is 2. The molecule has 0 saturated heterocycles. The smallest absolute Gasteiger partial charge is 0.249 e. The number of aromatic nitrogens is 2. The Morgan fingerprint density at radius 1 is 1.14 bits per heavy atom. The van der Waals surface area contributed by atoms with Crippen LogP contribution in [-0.4, -0.2) is 21.1 Å². The summed E-state index contributed by atoms with van der Waals surface area (Å²) >= 11 is 5.04. The quantitative estimate of drug-likeness (QED) is 0.832. The molecule has 0 aliphatic carbocycles. The lowest BCUT2D eigenvalue weighted by Crippen LogP contribution is -2.15. The molecule has 1 aromatic carbocycles. The summed E-state index contributed by atoms with van der Waals surface area (Å²) in [5.41, 5.74) is 13.4. The minimum absolute atomic E-state index is 0.189. The molecule has 0 unspecified atom stereocenters. The molecule has 1 aromatic heterocycles. The predicted molar refractivity (Wildman–Crippen MR) is 82.4 cm³/mol. The number of rotatable bonds is 4. The number of thiocarbonyl (C=S) groups is 1. The second kappa shape index (κ2) is 5.84. The van der Waals surface area contributed by atoms with Crippen molar-refractivity contribution < 1.29 is 9.53 Å². The highest BCUT2D eigenvalue weighted by molar-refractivity contribution is 7.80. The number of nitrogens with two attached hydrogens (primary N) is 2. The highest BCUT2D eigenvalue weighted by Gasteiger charge is 2.15. The third-order valence-electron chi connectivity index (χ3n) is 3.02. The van der Waals surface area contributed by atoms with Gasteiger partial charge in [0, 0.05) is 5.56 Å². The van der Waals surface area contributed by atoms with Gasteiger partial charge in [0.2, 0.25) is 11.8 Å². The summed E-state index contributed by atoms with van der Waals surface area (Å²) < 4.78 is 5.65. The van der Waals surface area contributed by atoms with Crippen molar-refractivity contribution in [3.63, 3.8) is 0 Å². The van der Waals surface area contributed by atoms with Gasteiger partial charge in [-0.3, -0.25) is 4.79 Å². The highest BCUT2D eigenvalue weighted by Crippen LogP contribution is 2.26. The maximum atomic E-state index is 11.0. The van der Waals surface area contributed by atoms with Gasteiger partial charge in [-0.05, 0) is 43.7 Å². The number of hydrogen-bond acceptors (Lipinski definition) is 5. The molecule has 4 N–H and O–H groups in total. The van der Waals surface area contributed by atoms with Gasteiger partial charge in [0.05, 0.1) is 11.3 Å². The van der Waals surface area contributed by atoms with E-state index in [4.69, 9.17) is 28.4 Å². The topological polar surface area (TPSA) is 104 Å². The van der Waals surface area contributed by atoms with Crippen LogP contribution < -0.4 is 16.2 Å². The summed E-state index contributed by atoms with van der Waals surface area (Å²) in [6.07, 6.45) is 0. The van der Waals surface area contributed by atoms with Crippen molar-refractivity contribution >= 4 is 23.1 Å². The van der Waals surface area contributed by atoms with E-state index >= 15 is 0 Å². The van der Waals surface area contributed by atoms with Crippen molar-refractivity contribution in [1.82, 2.24) is 10.2 Å². The molecule has 0 bridgehead atoms. The van der Waals surface area contributed by atoms with Gasteiger partial charge in [0.15, 0.2) is 0 Å². The first-order valence-corrected chi connectivity index (χ1v) is 6.52. The van der Waals surface area contributed by atoms with Crippen LogP contribution in [0.2, 0.25) is 0 Å². The van der Waals surface area contributed by atoms with Crippen LogP contribution in [0.5, 0.6) is 11.6 Å². The molecule has 7 heteroatoms. The van der Waals surface area contributed by atoms with Crippen molar-refractivity contribution in [2.24, 2.45) is 11.5 Å². The Morgan fingerprint density at radius 2 is 1.76 bits per heavy atom. The minimum Gasteiger partial charge on any atom is -0.437 e. The summed E-state index contributed by atoms with van der Waals surface area (Å²) in [5, 5.41) is 7.98. The van der Waals surface area contributed by atoms with Crippen LogP contribution in [-0.2, 0) is 0 Å². The van der Waals surface area contributed by atoms with E-state index < -0.39 is 5.91 Å². The normalized spacial score (nSPS) is 10.2. The number of hydrogen-bond donors (Lipinski definition) is 2. The fourth-order valence-electron chi connectivity index (χ4n) is 1.75. The number of primary amides is 1. The van der Waals surface area contributed by atoms with Crippen LogP contribution in [0.3, 0.4) is 0 Å². The van der Waals surface area contributed by atoms with E-state index in [0.717, 1.165) is 11.3 Å². The zero-order chi connectivity index (χ0) is 15.6. The lowest BCUT2D eigenvalue weighted by atomic mass is 10.1. The maximum Gasteiger partial charge on any atom is 0.249 e. The molecule has 6 nitrogen and oxygen atoms in total. The molecule has 1 heterocycles. The van der Waals surface area contributed by atoms with Crippen molar-refractivity contribution in [1.29, 1.82) is 0 Å². The summed E-state index contributed by atoms with van der Waals surface area (Å²) in [6.45, 7) is 3.66. The van der Waals surface area contributed by atoms with Crippen LogP contribution >= 0.6 is 12.2 Å². The van der Waals surface area contributed by atoms with Crippen molar-refractivity contribution in [2.45, 2.75) is 13.8 Å². The van der Waals surface area contributed by atoms with Crippen molar-refractivity contribution in [2.75, 3.05) is 0 Å². The molecule has 0 atom stereocenters. The van der Waals surface area contributed by atoms with E-state index in [2.05, 4.69) is 10.2 Å². The largest absolute Gasteiger partial charge is 0.437 e. The Labute approximate surface area is 127 Å². The summed E-state index contributed by atoms with van der Waals surface area (Å²) in [5.74, 6) is 0.212. The number of aryl methyl sites for hydroxylation is 1. The van der Waals surface area contributed by atoms with Crippen molar-refractivity contribution in [3.05, 3.63) is 46.6 Å². The molecule has 2 rings (SSSR count). The van der Waals surface area contributed by atoms with Crippen LogP contribution in [0.4, 0.5) is 0 Å². The van der Waals surface area contributed by atoms with E-state index in [1.807, 2.05) is 13.8 Å². The molecule has 2 aromatic rings. The van der Waals surface area contributed by atoms with Gasteiger partial charge < -0.3 is 16.2 Å². The molecule has 0 aliphatic rings. The van der Waals surface area contributed by atoms with Crippen molar-refractivity contribution in [3.8, 4) is 11.6 Å². The minimum atomic E-state index is -0.503. The van der Waals surface area contributed by atoms with E-state index in [-0.39, 0.29) is 10.9 Å². The number of ether oxygens (including phenoxy) is 1. The van der Waals surface area contributed by atoms with Crippen LogP contribution in [0.25, 0.3) is 0 Å². The monoisotopic (exact) mass is 302 g/mol. The second-order valence-corrected chi connectivity index (χ2v) is 4.89. The lowest BCUT2D eigenvalue weighted by molar-refractivity contribution is 0.100. The fraction of sp³-hybridized carbons (Fsp3) is 0.143. The molecule has 1 amide bonds. The molecular weight excluding hydrogens is 288 g/mol. The van der Waals surface area contributed by atoms with E-state index in [0.29, 0.717) is 16.9 Å². The molecule has 0 spiro atoms. The Hall–Kier alpha value is -2.54. The molecular formula is C14H14N4O2S. The maximum absolute atomic E-state index is 11.0. The second-order valence-electron chi connectivity index (χ2n) is 4.45. The third-order valence-corrected chi connectivity index (χ3v) is 3.23. The Kier molecular flexibility index (Phi) is 4.13. The third kappa shape index (κ3) is 3.14. The van der Waals surface area contributed by atoms with Crippen LogP contribution in [0, 0.1) is 13.8 Å². The number of carbonyl (C=O) groups excluding carboxylic acids is 1. The van der Waals surface area contributed by atoms with E-state index in [1.54, 1.807) is 24.3 Å². The first-order chi connectivity index (χ1) is 9.90. The molecule has 108 valence electrons. The van der Waals surface area contributed by atoms with Gasteiger partial charge in [-0.15, -0.1) is 5.10 Å². The van der Waals surface area contributed by atoms with Gasteiger partial charge in [-0.2, -0.15) is 5.10 Å². The first kappa shape index (κ1) is 14.9. The SMILES string of the molecule is Cc1nnc(Oc2ccc(C(N)=O)cc2)c(C(N)=S)c1C. The van der Waals surface area contributed by atoms with Gasteiger partial charge >= 0.3 is 0 Å². The molecule has 0 radical (unpaired) electrons. The highest BCUT2D eigenvalue weighted by atomic mass is 32.1. The summed E-state index contributed by atoms with van der Waals surface area (Å²) in [7, 11) is 0. The number of benzene rings is 1. The predicted octanol–water partition coefficient (Wildman–Crippen LogP) is 1.62. The summed E-state index contributed by atoms with van der Waals surface area (Å²) in [6, 6.07) is 6.35. The lowest BCUT2D eigenvalue weighted by Gasteiger charge is -2.12. The molecule has 21 heavy (non-hydrogen) atoms. The number of carbonyl (C=O) groups is 1. The number of amides is 1. The molecule has 0 saturated carbocycles. The zero-order valence-electron chi connectivity index (χ0n) is 11.6. The van der Waals surface area contributed by atoms with Gasteiger partial charge in [0.1, 0.15) is 10.7 Å². The van der Waals surface area contributed by atoms with E-state index in [1.165, 1.54) is 0 Å². The Bertz CT molecular complexity index is 714. The molecule has 0 aliphatic heterocycles. The standard InChI is InChI=1S/C14H14N4O2S/c1-7-8(2)17-18-14(11(7)13(16)21)20-10-5-3-9(4-6-10)12(15)19/h3-6H,1-2H3,(H2,15,19)(H2,16,21). The Morgan fingerprint density at radius 3 is 2.29 bits per heavy atom. The fourth-order valence-corrected chi connectivity index (χ4v) is 1.99. The van der Waals surface area contributed by atoms with E-state index in [9.17, 15) is 4.79 Å². The van der Waals surface area contributed by atoms with Gasteiger partial charge in [-0.1, -0.05) is 12.2 Å². The summed E-state index contributed by atoms with van der Waals surface area (Å²) in [4.78, 5) is 11.2. The molecule has 0 fully saturated rings.